The summed E-state index contributed by atoms with van der Waals surface area (Å²) in [5.41, 5.74) is 0. The SMILES string of the molecule is COc1cccc(F)c1OC1CNC1. The highest BCUT2D eigenvalue weighted by Crippen LogP contribution is 2.30. The Balaban J connectivity index is 2.19. The number of nitrogens with one attached hydrogen (secondary N) is 1. The summed E-state index contributed by atoms with van der Waals surface area (Å²) < 4.78 is 23.8. The number of ether oxygens (including phenoxy) is 2. The molecule has 14 heavy (non-hydrogen) atoms. The zero-order chi connectivity index (χ0) is 9.97. The zero-order valence-electron chi connectivity index (χ0n) is 7.92. The van der Waals surface area contributed by atoms with Gasteiger partial charge in [0.05, 0.1) is 7.11 Å². The lowest BCUT2D eigenvalue weighted by Gasteiger charge is -2.28. The minimum atomic E-state index is -0.378. The van der Waals surface area contributed by atoms with Gasteiger partial charge >= 0.3 is 0 Å². The van der Waals surface area contributed by atoms with Crippen molar-refractivity contribution in [3.63, 3.8) is 0 Å². The molecular formula is C10H12FNO2. The highest BCUT2D eigenvalue weighted by atomic mass is 19.1. The van der Waals surface area contributed by atoms with E-state index in [1.165, 1.54) is 13.2 Å². The number of methoxy groups -OCH3 is 1. The summed E-state index contributed by atoms with van der Waals surface area (Å²) in [6, 6.07) is 4.65. The van der Waals surface area contributed by atoms with Gasteiger partial charge in [0.2, 0.25) is 0 Å². The maximum absolute atomic E-state index is 13.3. The molecule has 0 radical (unpaired) electrons. The van der Waals surface area contributed by atoms with Crippen molar-refractivity contribution in [2.75, 3.05) is 20.2 Å². The van der Waals surface area contributed by atoms with E-state index < -0.39 is 0 Å². The zero-order valence-corrected chi connectivity index (χ0v) is 7.92. The summed E-state index contributed by atoms with van der Waals surface area (Å²) in [5.74, 6) is 0.273. The molecule has 1 N–H and O–H groups in total. The number of rotatable bonds is 3. The molecule has 1 aliphatic rings. The minimum Gasteiger partial charge on any atom is -0.493 e. The highest BCUT2D eigenvalue weighted by molar-refractivity contribution is 5.41. The van der Waals surface area contributed by atoms with Crippen LogP contribution in [0.1, 0.15) is 0 Å². The van der Waals surface area contributed by atoms with Crippen LogP contribution in [0.25, 0.3) is 0 Å². The first-order valence-corrected chi connectivity index (χ1v) is 4.51. The van der Waals surface area contributed by atoms with E-state index >= 15 is 0 Å². The minimum absolute atomic E-state index is 0.0563. The van der Waals surface area contributed by atoms with E-state index in [4.69, 9.17) is 9.47 Å². The van der Waals surface area contributed by atoms with E-state index in [-0.39, 0.29) is 17.7 Å². The van der Waals surface area contributed by atoms with Crippen molar-refractivity contribution in [1.82, 2.24) is 5.32 Å². The van der Waals surface area contributed by atoms with Gasteiger partial charge in [-0.1, -0.05) is 6.07 Å². The normalized spacial score (nSPS) is 16.1. The van der Waals surface area contributed by atoms with Crippen LogP contribution >= 0.6 is 0 Å². The van der Waals surface area contributed by atoms with Crippen LogP contribution in [0.2, 0.25) is 0 Å². The molecular weight excluding hydrogens is 185 g/mol. The van der Waals surface area contributed by atoms with Crippen LogP contribution in [0.15, 0.2) is 18.2 Å². The Morgan fingerprint density at radius 1 is 1.43 bits per heavy atom. The van der Waals surface area contributed by atoms with Gasteiger partial charge in [-0.3, -0.25) is 0 Å². The van der Waals surface area contributed by atoms with Crippen molar-refractivity contribution in [2.45, 2.75) is 6.10 Å². The summed E-state index contributed by atoms with van der Waals surface area (Å²) in [7, 11) is 1.50. The quantitative estimate of drug-likeness (QED) is 0.789. The number of hydrogen-bond acceptors (Lipinski definition) is 3. The van der Waals surface area contributed by atoms with Gasteiger partial charge < -0.3 is 14.8 Å². The van der Waals surface area contributed by atoms with Crippen LogP contribution in [-0.2, 0) is 0 Å². The average Bonchev–Trinajstić information content (AvgIpc) is 2.12. The standard InChI is InChI=1S/C10H12FNO2/c1-13-9-4-2-3-8(11)10(9)14-7-5-12-6-7/h2-4,7,12H,5-6H2,1H3. The number of hydrogen-bond donors (Lipinski definition) is 1. The Bertz CT molecular complexity index is 326. The van der Waals surface area contributed by atoms with Crippen molar-refractivity contribution in [2.24, 2.45) is 0 Å². The molecule has 0 unspecified atom stereocenters. The topological polar surface area (TPSA) is 30.5 Å². The molecule has 0 amide bonds. The molecule has 0 aromatic heterocycles. The molecule has 3 nitrogen and oxygen atoms in total. The lowest BCUT2D eigenvalue weighted by atomic mass is 10.2. The van der Waals surface area contributed by atoms with Gasteiger partial charge in [-0.05, 0) is 12.1 Å². The van der Waals surface area contributed by atoms with Crippen molar-refractivity contribution in [3.05, 3.63) is 24.0 Å². The van der Waals surface area contributed by atoms with Gasteiger partial charge in [0, 0.05) is 13.1 Å². The van der Waals surface area contributed by atoms with Crippen molar-refractivity contribution >= 4 is 0 Å². The summed E-state index contributed by atoms with van der Waals surface area (Å²) in [5, 5.41) is 3.05. The van der Waals surface area contributed by atoms with Crippen LogP contribution < -0.4 is 14.8 Å². The van der Waals surface area contributed by atoms with Gasteiger partial charge in [0.25, 0.3) is 0 Å². The third-order valence-corrected chi connectivity index (χ3v) is 2.18. The first kappa shape index (κ1) is 9.27. The number of benzene rings is 1. The van der Waals surface area contributed by atoms with Crippen LogP contribution in [0.4, 0.5) is 4.39 Å². The summed E-state index contributed by atoms with van der Waals surface area (Å²) in [6.45, 7) is 1.52. The largest absolute Gasteiger partial charge is 0.493 e. The van der Waals surface area contributed by atoms with Crippen molar-refractivity contribution < 1.29 is 13.9 Å². The second-order valence-electron chi connectivity index (χ2n) is 3.17. The van der Waals surface area contributed by atoms with Gasteiger partial charge in [0.15, 0.2) is 17.3 Å². The predicted octanol–water partition coefficient (Wildman–Crippen LogP) is 1.18. The molecule has 2 rings (SSSR count). The molecule has 1 aliphatic heterocycles. The molecule has 1 heterocycles. The maximum atomic E-state index is 13.3. The second kappa shape index (κ2) is 3.84. The molecule has 1 aromatic carbocycles. The second-order valence-corrected chi connectivity index (χ2v) is 3.17. The van der Waals surface area contributed by atoms with Crippen LogP contribution in [0.5, 0.6) is 11.5 Å². The Labute approximate surface area is 81.8 Å². The van der Waals surface area contributed by atoms with Gasteiger partial charge in [0.1, 0.15) is 6.10 Å². The maximum Gasteiger partial charge on any atom is 0.197 e. The number of halogens is 1. The molecule has 1 saturated heterocycles. The van der Waals surface area contributed by atoms with E-state index in [0.717, 1.165) is 13.1 Å². The summed E-state index contributed by atoms with van der Waals surface area (Å²) >= 11 is 0. The Kier molecular flexibility index (Phi) is 2.54. The van der Waals surface area contributed by atoms with E-state index in [1.807, 2.05) is 0 Å². The molecule has 0 aliphatic carbocycles. The van der Waals surface area contributed by atoms with Gasteiger partial charge in [-0.2, -0.15) is 0 Å². The number of para-hydroxylation sites is 1. The Morgan fingerprint density at radius 3 is 2.79 bits per heavy atom. The summed E-state index contributed by atoms with van der Waals surface area (Å²) in [6.07, 6.45) is 0.0563. The predicted molar refractivity (Wildman–Crippen MR) is 50.2 cm³/mol. The Morgan fingerprint density at radius 2 is 2.21 bits per heavy atom. The summed E-state index contributed by atoms with van der Waals surface area (Å²) in [4.78, 5) is 0. The molecule has 0 bridgehead atoms. The molecule has 1 aromatic rings. The van der Waals surface area contributed by atoms with Crippen LogP contribution in [0, 0.1) is 5.82 Å². The van der Waals surface area contributed by atoms with E-state index in [1.54, 1.807) is 12.1 Å². The van der Waals surface area contributed by atoms with Crippen LogP contribution in [-0.4, -0.2) is 26.3 Å². The third kappa shape index (κ3) is 1.65. The van der Waals surface area contributed by atoms with Crippen molar-refractivity contribution in [3.8, 4) is 11.5 Å². The molecule has 1 fully saturated rings. The first-order valence-electron chi connectivity index (χ1n) is 4.51. The van der Waals surface area contributed by atoms with Crippen LogP contribution in [0.3, 0.4) is 0 Å². The van der Waals surface area contributed by atoms with Crippen molar-refractivity contribution in [1.29, 1.82) is 0 Å². The molecule has 0 saturated carbocycles. The third-order valence-electron chi connectivity index (χ3n) is 2.18. The van der Waals surface area contributed by atoms with Gasteiger partial charge in [-0.25, -0.2) is 4.39 Å². The van der Waals surface area contributed by atoms with E-state index in [0.29, 0.717) is 5.75 Å². The van der Waals surface area contributed by atoms with E-state index in [2.05, 4.69) is 5.32 Å². The fourth-order valence-corrected chi connectivity index (χ4v) is 1.28. The molecule has 0 spiro atoms. The average molecular weight is 197 g/mol. The smallest absolute Gasteiger partial charge is 0.197 e. The molecule has 4 heteroatoms. The van der Waals surface area contributed by atoms with Gasteiger partial charge in [-0.15, -0.1) is 0 Å². The monoisotopic (exact) mass is 197 g/mol. The lowest BCUT2D eigenvalue weighted by molar-refractivity contribution is 0.131. The molecule has 0 atom stereocenters. The van der Waals surface area contributed by atoms with E-state index in [9.17, 15) is 4.39 Å². The highest BCUT2D eigenvalue weighted by Gasteiger charge is 2.21. The molecule has 76 valence electrons. The Hall–Kier alpha value is -1.29. The fourth-order valence-electron chi connectivity index (χ4n) is 1.28. The fraction of sp³-hybridized carbons (Fsp3) is 0.400. The lowest BCUT2D eigenvalue weighted by Crippen LogP contribution is -2.50. The first-order chi connectivity index (χ1) is 6.81.